The largest absolute Gasteiger partial charge is 0.441 e. The number of rotatable bonds is 5. The Kier molecular flexibility index (Phi) is 5.91. The first-order valence-corrected chi connectivity index (χ1v) is 5.73. The van der Waals surface area contributed by atoms with Crippen LogP contribution in [-0.4, -0.2) is 32.7 Å². The number of benzene rings is 1. The second-order valence-electron chi connectivity index (χ2n) is 3.58. The van der Waals surface area contributed by atoms with Crippen molar-refractivity contribution in [3.63, 3.8) is 0 Å². The molecule has 0 spiro atoms. The van der Waals surface area contributed by atoms with Gasteiger partial charge >= 0.3 is 6.09 Å². The van der Waals surface area contributed by atoms with Gasteiger partial charge in [-0.3, -0.25) is 5.32 Å². The summed E-state index contributed by atoms with van der Waals surface area (Å²) in [6.45, 7) is 1.68. The molecular weight excluding hydrogens is 258 g/mol. The van der Waals surface area contributed by atoms with Crippen LogP contribution >= 0.6 is 11.6 Å². The monoisotopic (exact) mass is 273 g/mol. The van der Waals surface area contributed by atoms with Gasteiger partial charge < -0.3 is 14.2 Å². The molecule has 0 aliphatic heterocycles. The molecular formula is C12H16ClNO4. The molecule has 1 aromatic rings. The maximum Gasteiger partial charge on any atom is 0.412 e. The highest BCUT2D eigenvalue weighted by Gasteiger charge is 2.20. The number of carbonyl (C=O) groups excluding carboxylic acids is 1. The van der Waals surface area contributed by atoms with Crippen molar-refractivity contribution in [2.75, 3.05) is 19.5 Å². The van der Waals surface area contributed by atoms with Crippen LogP contribution in [0.5, 0.6) is 0 Å². The van der Waals surface area contributed by atoms with E-state index in [1.807, 2.05) is 0 Å². The molecule has 1 aromatic carbocycles. The van der Waals surface area contributed by atoms with Gasteiger partial charge in [0.05, 0.1) is 0 Å². The van der Waals surface area contributed by atoms with E-state index in [9.17, 15) is 4.79 Å². The van der Waals surface area contributed by atoms with Crippen LogP contribution in [0.1, 0.15) is 6.92 Å². The van der Waals surface area contributed by atoms with Gasteiger partial charge in [-0.05, 0) is 31.2 Å². The van der Waals surface area contributed by atoms with E-state index in [1.54, 1.807) is 31.2 Å². The third-order valence-corrected chi connectivity index (χ3v) is 2.48. The lowest BCUT2D eigenvalue weighted by Crippen LogP contribution is -2.33. The van der Waals surface area contributed by atoms with Crippen molar-refractivity contribution in [3.05, 3.63) is 29.3 Å². The predicted molar refractivity (Wildman–Crippen MR) is 68.8 cm³/mol. The SMILES string of the molecule is COC(OC)C(C)OC(=O)Nc1ccc(Cl)cc1. The van der Waals surface area contributed by atoms with E-state index in [-0.39, 0.29) is 0 Å². The Morgan fingerprint density at radius 1 is 1.22 bits per heavy atom. The first-order chi connectivity index (χ1) is 8.56. The smallest absolute Gasteiger partial charge is 0.412 e. The van der Waals surface area contributed by atoms with Gasteiger partial charge in [-0.25, -0.2) is 4.79 Å². The average Bonchev–Trinajstić information content (AvgIpc) is 2.33. The molecule has 1 rings (SSSR count). The molecule has 1 amide bonds. The third-order valence-electron chi connectivity index (χ3n) is 2.23. The van der Waals surface area contributed by atoms with E-state index in [4.69, 9.17) is 25.8 Å². The van der Waals surface area contributed by atoms with E-state index in [2.05, 4.69) is 5.32 Å². The van der Waals surface area contributed by atoms with E-state index in [1.165, 1.54) is 14.2 Å². The van der Waals surface area contributed by atoms with Crippen molar-refractivity contribution in [2.45, 2.75) is 19.3 Å². The molecule has 0 saturated carbocycles. The molecule has 1 N–H and O–H groups in total. The molecule has 0 radical (unpaired) electrons. The van der Waals surface area contributed by atoms with Gasteiger partial charge in [0.1, 0.15) is 0 Å². The van der Waals surface area contributed by atoms with Crippen molar-refractivity contribution < 1.29 is 19.0 Å². The van der Waals surface area contributed by atoms with Gasteiger partial charge in [0.25, 0.3) is 0 Å². The number of halogens is 1. The number of hydrogen-bond acceptors (Lipinski definition) is 4. The zero-order valence-corrected chi connectivity index (χ0v) is 11.2. The maximum absolute atomic E-state index is 11.6. The molecule has 18 heavy (non-hydrogen) atoms. The molecule has 0 aromatic heterocycles. The number of ether oxygens (including phenoxy) is 3. The Balaban J connectivity index is 2.48. The van der Waals surface area contributed by atoms with Crippen LogP contribution in [0, 0.1) is 0 Å². The zero-order valence-electron chi connectivity index (χ0n) is 10.5. The molecule has 0 saturated heterocycles. The lowest BCUT2D eigenvalue weighted by Gasteiger charge is -2.21. The van der Waals surface area contributed by atoms with Crippen molar-refractivity contribution in [2.24, 2.45) is 0 Å². The van der Waals surface area contributed by atoms with Gasteiger partial charge in [0.15, 0.2) is 12.4 Å². The highest BCUT2D eigenvalue weighted by Crippen LogP contribution is 2.14. The number of anilines is 1. The van der Waals surface area contributed by atoms with Gasteiger partial charge in [-0.1, -0.05) is 11.6 Å². The highest BCUT2D eigenvalue weighted by atomic mass is 35.5. The summed E-state index contributed by atoms with van der Waals surface area (Å²) < 4.78 is 15.1. The summed E-state index contributed by atoms with van der Waals surface area (Å²) in [5.41, 5.74) is 0.600. The van der Waals surface area contributed by atoms with Crippen LogP contribution < -0.4 is 5.32 Å². The normalized spacial score (nSPS) is 12.3. The van der Waals surface area contributed by atoms with Crippen LogP contribution in [-0.2, 0) is 14.2 Å². The molecule has 100 valence electrons. The molecule has 1 atom stereocenters. The minimum atomic E-state index is -0.596. The van der Waals surface area contributed by atoms with E-state index >= 15 is 0 Å². The fraction of sp³-hybridized carbons (Fsp3) is 0.417. The molecule has 0 heterocycles. The lowest BCUT2D eigenvalue weighted by molar-refractivity contribution is -0.157. The van der Waals surface area contributed by atoms with E-state index in [0.717, 1.165) is 0 Å². The standard InChI is InChI=1S/C12H16ClNO4/c1-8(11(16-2)17-3)18-12(15)14-10-6-4-9(13)5-7-10/h4-8,11H,1-3H3,(H,14,15). The van der Waals surface area contributed by atoms with Crippen molar-refractivity contribution in [1.29, 1.82) is 0 Å². The number of carbonyl (C=O) groups is 1. The fourth-order valence-corrected chi connectivity index (χ4v) is 1.51. The van der Waals surface area contributed by atoms with E-state index in [0.29, 0.717) is 10.7 Å². The molecule has 1 unspecified atom stereocenters. The van der Waals surface area contributed by atoms with Gasteiger partial charge in [-0.15, -0.1) is 0 Å². The summed E-state index contributed by atoms with van der Waals surface area (Å²) in [4.78, 5) is 11.6. The third kappa shape index (κ3) is 4.52. The summed E-state index contributed by atoms with van der Waals surface area (Å²) in [5, 5.41) is 3.17. The molecule has 0 bridgehead atoms. The highest BCUT2D eigenvalue weighted by molar-refractivity contribution is 6.30. The Morgan fingerprint density at radius 2 is 1.78 bits per heavy atom. The van der Waals surface area contributed by atoms with Crippen LogP contribution in [0.4, 0.5) is 10.5 Å². The predicted octanol–water partition coefficient (Wildman–Crippen LogP) is 2.90. The minimum Gasteiger partial charge on any atom is -0.441 e. The van der Waals surface area contributed by atoms with E-state index < -0.39 is 18.5 Å². The molecule has 0 fully saturated rings. The number of hydrogen-bond donors (Lipinski definition) is 1. The summed E-state index contributed by atoms with van der Waals surface area (Å²) in [6, 6.07) is 6.71. The van der Waals surface area contributed by atoms with Gasteiger partial charge in [0.2, 0.25) is 0 Å². The molecule has 5 nitrogen and oxygen atoms in total. The Bertz CT molecular complexity index is 378. The minimum absolute atomic E-state index is 0.521. The van der Waals surface area contributed by atoms with Crippen molar-refractivity contribution >= 4 is 23.4 Å². The lowest BCUT2D eigenvalue weighted by atomic mass is 10.3. The van der Waals surface area contributed by atoms with Gasteiger partial charge in [0, 0.05) is 24.9 Å². The zero-order chi connectivity index (χ0) is 13.5. The van der Waals surface area contributed by atoms with Crippen LogP contribution in [0.15, 0.2) is 24.3 Å². The first kappa shape index (κ1) is 14.8. The second kappa shape index (κ2) is 7.20. The molecule has 0 aliphatic rings. The van der Waals surface area contributed by atoms with Crippen molar-refractivity contribution in [3.8, 4) is 0 Å². The summed E-state index contributed by atoms with van der Waals surface area (Å²) in [5.74, 6) is 0. The van der Waals surface area contributed by atoms with Gasteiger partial charge in [-0.2, -0.15) is 0 Å². The van der Waals surface area contributed by atoms with Crippen LogP contribution in [0.25, 0.3) is 0 Å². The quantitative estimate of drug-likeness (QED) is 0.838. The summed E-state index contributed by atoms with van der Waals surface area (Å²) >= 11 is 5.73. The second-order valence-corrected chi connectivity index (χ2v) is 4.02. The Labute approximate surface area is 111 Å². The average molecular weight is 274 g/mol. The molecule has 0 aliphatic carbocycles. The number of methoxy groups -OCH3 is 2. The van der Waals surface area contributed by atoms with Crippen LogP contribution in [0.3, 0.4) is 0 Å². The maximum atomic E-state index is 11.6. The first-order valence-electron chi connectivity index (χ1n) is 5.35. The number of nitrogens with one attached hydrogen (secondary N) is 1. The summed E-state index contributed by atoms with van der Waals surface area (Å²) in [6.07, 6.45) is -1.70. The summed E-state index contributed by atoms with van der Waals surface area (Å²) in [7, 11) is 2.95. The Morgan fingerprint density at radius 3 is 2.28 bits per heavy atom. The topological polar surface area (TPSA) is 56.8 Å². The Hall–Kier alpha value is -1.30. The van der Waals surface area contributed by atoms with Crippen LogP contribution in [0.2, 0.25) is 5.02 Å². The fourth-order valence-electron chi connectivity index (χ4n) is 1.38. The number of amides is 1. The molecule has 6 heteroatoms. The van der Waals surface area contributed by atoms with Crippen molar-refractivity contribution in [1.82, 2.24) is 0 Å².